The van der Waals surface area contributed by atoms with Crippen LogP contribution in [0.4, 0.5) is 22.0 Å². The molecule has 0 unspecified atom stereocenters. The molecule has 0 fully saturated rings. The van der Waals surface area contributed by atoms with E-state index in [-0.39, 0.29) is 0 Å². The molecule has 112 valence electrons. The van der Waals surface area contributed by atoms with Crippen molar-refractivity contribution in [2.24, 2.45) is 0 Å². The first kappa shape index (κ1) is 15.9. The number of pyridine rings is 1. The highest BCUT2D eigenvalue weighted by Gasteiger charge is 2.35. The van der Waals surface area contributed by atoms with E-state index in [1.165, 1.54) is 0 Å². The Labute approximate surface area is 108 Å². The molecule has 5 nitrogen and oxygen atoms in total. The standard InChI is InChI=1S/C10H8F5NO4/c1-19-6(18)2-4-7(9(11)12)16-3-5(17)8(4)20-10(13,14)15/h3,9,17H,2H2,1H3. The molecule has 0 aliphatic rings. The number of hydrogen-bond donors (Lipinski definition) is 1. The molecule has 0 radical (unpaired) electrons. The molecular weight excluding hydrogens is 293 g/mol. The number of hydrogen-bond acceptors (Lipinski definition) is 5. The minimum Gasteiger partial charge on any atom is -0.503 e. The van der Waals surface area contributed by atoms with Gasteiger partial charge >= 0.3 is 12.3 Å². The molecule has 1 N–H and O–H groups in total. The van der Waals surface area contributed by atoms with Crippen molar-refractivity contribution in [2.45, 2.75) is 19.2 Å². The van der Waals surface area contributed by atoms with Crippen molar-refractivity contribution in [2.75, 3.05) is 7.11 Å². The molecule has 1 rings (SSSR count). The molecule has 0 spiro atoms. The molecule has 0 aliphatic heterocycles. The van der Waals surface area contributed by atoms with E-state index >= 15 is 0 Å². The van der Waals surface area contributed by atoms with E-state index in [9.17, 15) is 31.9 Å². The van der Waals surface area contributed by atoms with E-state index in [0.29, 0.717) is 6.20 Å². The Bertz CT molecular complexity index is 503. The fourth-order valence-electron chi connectivity index (χ4n) is 1.34. The highest BCUT2D eigenvalue weighted by Crippen LogP contribution is 2.38. The largest absolute Gasteiger partial charge is 0.573 e. The zero-order chi connectivity index (χ0) is 15.5. The van der Waals surface area contributed by atoms with Gasteiger partial charge in [0.15, 0.2) is 11.5 Å². The third-order valence-electron chi connectivity index (χ3n) is 2.12. The van der Waals surface area contributed by atoms with Gasteiger partial charge in [-0.1, -0.05) is 0 Å². The van der Waals surface area contributed by atoms with Crippen LogP contribution in [0.25, 0.3) is 0 Å². The first-order valence-corrected chi connectivity index (χ1v) is 4.97. The normalized spacial score (nSPS) is 11.6. The molecule has 1 heterocycles. The summed E-state index contributed by atoms with van der Waals surface area (Å²) in [5.41, 5.74) is -1.99. The lowest BCUT2D eigenvalue weighted by atomic mass is 10.1. The van der Waals surface area contributed by atoms with E-state index < -0.39 is 47.9 Å². The first-order valence-electron chi connectivity index (χ1n) is 4.97. The zero-order valence-corrected chi connectivity index (χ0v) is 9.87. The van der Waals surface area contributed by atoms with Crippen LogP contribution in [-0.4, -0.2) is 29.5 Å². The number of methoxy groups -OCH3 is 1. The number of halogens is 5. The van der Waals surface area contributed by atoms with Crippen LogP contribution in [0, 0.1) is 0 Å². The highest BCUT2D eigenvalue weighted by atomic mass is 19.4. The average molecular weight is 301 g/mol. The van der Waals surface area contributed by atoms with Crippen molar-refractivity contribution >= 4 is 5.97 Å². The van der Waals surface area contributed by atoms with E-state index in [1.54, 1.807) is 0 Å². The summed E-state index contributed by atoms with van der Waals surface area (Å²) in [6.07, 6.45) is -9.07. The Morgan fingerprint density at radius 3 is 2.50 bits per heavy atom. The first-order chi connectivity index (χ1) is 9.15. The van der Waals surface area contributed by atoms with Crippen LogP contribution in [0.5, 0.6) is 11.5 Å². The van der Waals surface area contributed by atoms with Crippen molar-refractivity contribution < 1.29 is 41.3 Å². The Morgan fingerprint density at radius 1 is 1.45 bits per heavy atom. The van der Waals surface area contributed by atoms with E-state index in [1.807, 2.05) is 0 Å². The van der Waals surface area contributed by atoms with E-state index in [4.69, 9.17) is 0 Å². The van der Waals surface area contributed by atoms with Gasteiger partial charge in [-0.25, -0.2) is 8.78 Å². The molecule has 10 heteroatoms. The number of aromatic nitrogens is 1. The van der Waals surface area contributed by atoms with E-state index in [0.717, 1.165) is 7.11 Å². The third-order valence-corrected chi connectivity index (χ3v) is 2.12. The summed E-state index contributed by atoms with van der Waals surface area (Å²) in [5.74, 6) is -3.51. The van der Waals surface area contributed by atoms with Gasteiger partial charge in [-0.15, -0.1) is 13.2 Å². The van der Waals surface area contributed by atoms with Gasteiger partial charge in [0.2, 0.25) is 0 Å². The van der Waals surface area contributed by atoms with Crippen molar-refractivity contribution in [3.05, 3.63) is 17.5 Å². The molecule has 0 bridgehead atoms. The monoisotopic (exact) mass is 301 g/mol. The number of carbonyl (C=O) groups is 1. The van der Waals surface area contributed by atoms with Crippen molar-refractivity contribution in [3.8, 4) is 11.5 Å². The van der Waals surface area contributed by atoms with Gasteiger partial charge in [0.25, 0.3) is 6.43 Å². The number of carbonyl (C=O) groups excluding carboxylic acids is 1. The van der Waals surface area contributed by atoms with E-state index in [2.05, 4.69) is 14.5 Å². The molecule has 0 aliphatic carbocycles. The Hall–Kier alpha value is -2.13. The molecule has 0 atom stereocenters. The van der Waals surface area contributed by atoms with Gasteiger partial charge in [-0.2, -0.15) is 0 Å². The maximum absolute atomic E-state index is 12.7. The molecule has 1 aromatic rings. The van der Waals surface area contributed by atoms with Crippen LogP contribution in [0.1, 0.15) is 17.7 Å². The van der Waals surface area contributed by atoms with Gasteiger partial charge < -0.3 is 14.6 Å². The topological polar surface area (TPSA) is 68.7 Å². The lowest BCUT2D eigenvalue weighted by Gasteiger charge is -2.16. The SMILES string of the molecule is COC(=O)Cc1c(C(F)F)ncc(O)c1OC(F)(F)F. The van der Waals surface area contributed by atoms with Crippen LogP contribution in [0.15, 0.2) is 6.20 Å². The molecule has 0 saturated heterocycles. The molecule has 1 aromatic heterocycles. The highest BCUT2D eigenvalue weighted by molar-refractivity contribution is 5.74. The number of alkyl halides is 5. The lowest BCUT2D eigenvalue weighted by molar-refractivity contribution is -0.275. The summed E-state index contributed by atoms with van der Waals surface area (Å²) < 4.78 is 69.6. The fraction of sp³-hybridized carbons (Fsp3) is 0.400. The Balaban J connectivity index is 3.37. The van der Waals surface area contributed by atoms with Gasteiger partial charge in [0.1, 0.15) is 5.69 Å². The Morgan fingerprint density at radius 2 is 2.05 bits per heavy atom. The minimum absolute atomic E-state index is 0.378. The smallest absolute Gasteiger partial charge is 0.503 e. The van der Waals surface area contributed by atoms with Crippen molar-refractivity contribution in [1.82, 2.24) is 4.98 Å². The summed E-state index contributed by atoms with van der Waals surface area (Å²) >= 11 is 0. The van der Waals surface area contributed by atoms with Crippen LogP contribution in [0.3, 0.4) is 0 Å². The maximum Gasteiger partial charge on any atom is 0.573 e. The molecule has 0 saturated carbocycles. The molecule has 20 heavy (non-hydrogen) atoms. The van der Waals surface area contributed by atoms with Crippen LogP contribution in [-0.2, 0) is 16.0 Å². The zero-order valence-electron chi connectivity index (χ0n) is 9.87. The molecule has 0 aromatic carbocycles. The number of rotatable bonds is 4. The predicted octanol–water partition coefficient (Wildman–Crippen LogP) is 2.34. The van der Waals surface area contributed by atoms with Crippen LogP contribution < -0.4 is 4.74 Å². The summed E-state index contributed by atoms with van der Waals surface area (Å²) in [6, 6.07) is 0. The quantitative estimate of drug-likeness (QED) is 0.683. The summed E-state index contributed by atoms with van der Waals surface area (Å²) in [5, 5.41) is 9.26. The predicted molar refractivity (Wildman–Crippen MR) is 53.3 cm³/mol. The summed E-state index contributed by atoms with van der Waals surface area (Å²) in [7, 11) is 0.922. The van der Waals surface area contributed by atoms with Gasteiger partial charge in [-0.05, 0) is 0 Å². The molecular formula is C10H8F5NO4. The number of aromatic hydroxyl groups is 1. The second-order valence-corrected chi connectivity index (χ2v) is 3.44. The maximum atomic E-state index is 12.7. The van der Waals surface area contributed by atoms with Crippen LogP contribution >= 0.6 is 0 Å². The summed E-state index contributed by atoms with van der Waals surface area (Å²) in [4.78, 5) is 14.2. The number of ether oxygens (including phenoxy) is 2. The van der Waals surface area contributed by atoms with Crippen molar-refractivity contribution in [3.63, 3.8) is 0 Å². The Kier molecular flexibility index (Phi) is 4.69. The minimum atomic E-state index is -5.23. The second-order valence-electron chi connectivity index (χ2n) is 3.44. The fourth-order valence-corrected chi connectivity index (χ4v) is 1.34. The number of esters is 1. The number of nitrogens with zero attached hydrogens (tertiary/aromatic N) is 1. The average Bonchev–Trinajstić information content (AvgIpc) is 2.31. The van der Waals surface area contributed by atoms with Gasteiger partial charge in [-0.3, -0.25) is 9.78 Å². The van der Waals surface area contributed by atoms with Gasteiger partial charge in [0.05, 0.1) is 19.7 Å². The lowest BCUT2D eigenvalue weighted by Crippen LogP contribution is -2.20. The summed E-state index contributed by atoms with van der Waals surface area (Å²) in [6.45, 7) is 0. The van der Waals surface area contributed by atoms with Crippen LogP contribution in [0.2, 0.25) is 0 Å². The van der Waals surface area contributed by atoms with Gasteiger partial charge in [0, 0.05) is 5.56 Å². The van der Waals surface area contributed by atoms with Crippen molar-refractivity contribution in [1.29, 1.82) is 0 Å². The third kappa shape index (κ3) is 3.93. The molecule has 0 amide bonds. The second kappa shape index (κ2) is 5.88.